The van der Waals surface area contributed by atoms with Gasteiger partial charge < -0.3 is 11.1 Å². The summed E-state index contributed by atoms with van der Waals surface area (Å²) in [5, 5.41) is 11.1. The van der Waals surface area contributed by atoms with E-state index in [1.165, 1.54) is 17.5 Å². The fourth-order valence-corrected chi connectivity index (χ4v) is 3.14. The molecule has 0 spiro atoms. The Morgan fingerprint density at radius 2 is 2.19 bits per heavy atom. The van der Waals surface area contributed by atoms with Gasteiger partial charge in [0.15, 0.2) is 0 Å². The first-order valence-corrected chi connectivity index (χ1v) is 8.82. The predicted molar refractivity (Wildman–Crippen MR) is 81.6 cm³/mol. The Morgan fingerprint density at radius 3 is 2.86 bits per heavy atom. The maximum Gasteiger partial charge on any atom is 0.263 e. The average Bonchev–Trinajstić information content (AvgIpc) is 2.75. The SMILES string of the molecule is CS(=O)(=O)NCCCNC(=O)c1sc2nnccc2c1N. The van der Waals surface area contributed by atoms with Gasteiger partial charge in [0.05, 0.1) is 18.1 Å². The molecule has 0 unspecified atom stereocenters. The van der Waals surface area contributed by atoms with E-state index in [-0.39, 0.29) is 12.5 Å². The predicted octanol–water partition coefficient (Wildman–Crippen LogP) is -0.0574. The number of fused-ring (bicyclic) bond motifs is 1. The summed E-state index contributed by atoms with van der Waals surface area (Å²) in [4.78, 5) is 13.0. The van der Waals surface area contributed by atoms with Crippen molar-refractivity contribution in [3.8, 4) is 0 Å². The lowest BCUT2D eigenvalue weighted by Crippen LogP contribution is -2.29. The van der Waals surface area contributed by atoms with Crippen molar-refractivity contribution in [3.05, 3.63) is 17.1 Å². The molecule has 10 heteroatoms. The van der Waals surface area contributed by atoms with Crippen LogP contribution in [0.5, 0.6) is 0 Å². The van der Waals surface area contributed by atoms with Crippen molar-refractivity contribution >= 4 is 43.2 Å². The van der Waals surface area contributed by atoms with Crippen molar-refractivity contribution in [2.24, 2.45) is 0 Å². The summed E-state index contributed by atoms with van der Waals surface area (Å²) in [6.07, 6.45) is 3.10. The molecule has 0 aliphatic heterocycles. The van der Waals surface area contributed by atoms with Crippen LogP contribution in [-0.4, -0.2) is 43.9 Å². The lowest BCUT2D eigenvalue weighted by atomic mass is 10.3. The van der Waals surface area contributed by atoms with Crippen LogP contribution in [0.15, 0.2) is 12.3 Å². The summed E-state index contributed by atoms with van der Waals surface area (Å²) in [5.74, 6) is -0.296. The maximum absolute atomic E-state index is 12.0. The molecule has 0 aliphatic rings. The topological polar surface area (TPSA) is 127 Å². The molecule has 0 saturated heterocycles. The summed E-state index contributed by atoms with van der Waals surface area (Å²) in [5.41, 5.74) is 6.30. The van der Waals surface area contributed by atoms with Gasteiger partial charge in [-0.15, -0.1) is 16.4 Å². The van der Waals surface area contributed by atoms with Gasteiger partial charge in [0.25, 0.3) is 5.91 Å². The first-order valence-electron chi connectivity index (χ1n) is 6.11. The third-order valence-electron chi connectivity index (χ3n) is 2.63. The number of nitrogens with two attached hydrogens (primary N) is 1. The fraction of sp³-hybridized carbons (Fsp3) is 0.364. The highest BCUT2D eigenvalue weighted by atomic mass is 32.2. The molecule has 114 valence electrons. The zero-order chi connectivity index (χ0) is 15.5. The number of carbonyl (C=O) groups is 1. The molecule has 0 fully saturated rings. The largest absolute Gasteiger partial charge is 0.397 e. The first-order chi connectivity index (χ1) is 9.88. The lowest BCUT2D eigenvalue weighted by Gasteiger charge is -2.05. The Hall–Kier alpha value is -1.78. The van der Waals surface area contributed by atoms with Crippen LogP contribution in [0.1, 0.15) is 16.1 Å². The molecule has 8 nitrogen and oxygen atoms in total. The normalized spacial score (nSPS) is 11.7. The number of anilines is 1. The summed E-state index contributed by atoms with van der Waals surface area (Å²) in [7, 11) is -3.20. The Labute approximate surface area is 125 Å². The van der Waals surface area contributed by atoms with Crippen molar-refractivity contribution in [2.45, 2.75) is 6.42 Å². The standard InChI is InChI=1S/C11H15N5O3S2/c1-21(18,19)15-5-2-4-13-10(17)9-8(12)7-3-6-14-16-11(7)20-9/h3,6,15H,2,4-5,12H2,1H3,(H,13,17). The molecule has 0 aliphatic carbocycles. The highest BCUT2D eigenvalue weighted by Gasteiger charge is 2.16. The van der Waals surface area contributed by atoms with E-state index in [1.807, 2.05) is 0 Å². The smallest absolute Gasteiger partial charge is 0.263 e. The molecule has 21 heavy (non-hydrogen) atoms. The van der Waals surface area contributed by atoms with Gasteiger partial charge in [-0.25, -0.2) is 13.1 Å². The number of amides is 1. The first kappa shape index (κ1) is 15.6. The van der Waals surface area contributed by atoms with Gasteiger partial charge in [-0.3, -0.25) is 4.79 Å². The highest BCUT2D eigenvalue weighted by Crippen LogP contribution is 2.31. The molecule has 2 rings (SSSR count). The number of nitrogen functional groups attached to an aromatic ring is 1. The van der Waals surface area contributed by atoms with Gasteiger partial charge in [0, 0.05) is 18.5 Å². The summed E-state index contributed by atoms with van der Waals surface area (Å²) in [6.45, 7) is 0.618. The molecule has 0 atom stereocenters. The van der Waals surface area contributed by atoms with Crippen LogP contribution < -0.4 is 15.8 Å². The van der Waals surface area contributed by atoms with Crippen LogP contribution in [0, 0.1) is 0 Å². The number of carbonyl (C=O) groups excluding carboxylic acids is 1. The van der Waals surface area contributed by atoms with Crippen molar-refractivity contribution in [1.82, 2.24) is 20.2 Å². The molecule has 4 N–H and O–H groups in total. The van der Waals surface area contributed by atoms with Gasteiger partial charge in [0.2, 0.25) is 10.0 Å². The van der Waals surface area contributed by atoms with Crippen LogP contribution >= 0.6 is 11.3 Å². The van der Waals surface area contributed by atoms with E-state index in [2.05, 4.69) is 20.2 Å². The van der Waals surface area contributed by atoms with Gasteiger partial charge in [-0.2, -0.15) is 5.10 Å². The minimum absolute atomic E-state index is 0.270. The summed E-state index contributed by atoms with van der Waals surface area (Å²) >= 11 is 1.18. The van der Waals surface area contributed by atoms with E-state index in [0.29, 0.717) is 33.7 Å². The third kappa shape index (κ3) is 4.09. The van der Waals surface area contributed by atoms with E-state index in [0.717, 1.165) is 6.26 Å². The van der Waals surface area contributed by atoms with Gasteiger partial charge in [-0.1, -0.05) is 0 Å². The third-order valence-corrected chi connectivity index (χ3v) is 4.46. The molecule has 0 saturated carbocycles. The van der Waals surface area contributed by atoms with Crippen LogP contribution in [0.3, 0.4) is 0 Å². The number of rotatable bonds is 6. The molecule has 0 aromatic carbocycles. The maximum atomic E-state index is 12.0. The van der Waals surface area contributed by atoms with Gasteiger partial charge in [0.1, 0.15) is 9.71 Å². The lowest BCUT2D eigenvalue weighted by molar-refractivity contribution is 0.0958. The van der Waals surface area contributed by atoms with Crippen molar-refractivity contribution in [1.29, 1.82) is 0 Å². The van der Waals surface area contributed by atoms with Crippen LogP contribution in [-0.2, 0) is 10.0 Å². The number of nitrogens with one attached hydrogen (secondary N) is 2. The average molecular weight is 329 g/mol. The number of hydrogen-bond donors (Lipinski definition) is 3. The fourth-order valence-electron chi connectivity index (χ4n) is 1.67. The zero-order valence-corrected chi connectivity index (χ0v) is 12.9. The second kappa shape index (κ2) is 6.33. The van der Waals surface area contributed by atoms with Gasteiger partial charge in [-0.05, 0) is 12.5 Å². The molecular weight excluding hydrogens is 314 g/mol. The summed E-state index contributed by atoms with van der Waals surface area (Å²) in [6, 6.07) is 1.71. The minimum atomic E-state index is -3.20. The molecule has 2 aromatic heterocycles. The number of hydrogen-bond acceptors (Lipinski definition) is 7. The monoisotopic (exact) mass is 329 g/mol. The quantitative estimate of drug-likeness (QED) is 0.637. The highest BCUT2D eigenvalue weighted by molar-refractivity contribution is 7.88. The molecule has 2 heterocycles. The number of nitrogens with zero attached hydrogens (tertiary/aromatic N) is 2. The minimum Gasteiger partial charge on any atom is -0.397 e. The van der Waals surface area contributed by atoms with E-state index in [4.69, 9.17) is 5.73 Å². The van der Waals surface area contributed by atoms with E-state index in [1.54, 1.807) is 6.07 Å². The van der Waals surface area contributed by atoms with Crippen LogP contribution in [0.4, 0.5) is 5.69 Å². The van der Waals surface area contributed by atoms with Crippen LogP contribution in [0.2, 0.25) is 0 Å². The van der Waals surface area contributed by atoms with Crippen molar-refractivity contribution in [3.63, 3.8) is 0 Å². The number of thiophene rings is 1. The molecule has 1 amide bonds. The van der Waals surface area contributed by atoms with E-state index >= 15 is 0 Å². The second-order valence-electron chi connectivity index (χ2n) is 4.37. The summed E-state index contributed by atoms with van der Waals surface area (Å²) < 4.78 is 24.1. The Morgan fingerprint density at radius 1 is 1.43 bits per heavy atom. The molecule has 0 bridgehead atoms. The number of aromatic nitrogens is 2. The van der Waals surface area contributed by atoms with Crippen molar-refractivity contribution in [2.75, 3.05) is 25.1 Å². The van der Waals surface area contributed by atoms with E-state index in [9.17, 15) is 13.2 Å². The molecule has 0 radical (unpaired) electrons. The Balaban J connectivity index is 1.92. The van der Waals surface area contributed by atoms with E-state index < -0.39 is 10.0 Å². The molecule has 2 aromatic rings. The second-order valence-corrected chi connectivity index (χ2v) is 7.20. The molecular formula is C11H15N5O3S2. The Bertz CT molecular complexity index is 756. The zero-order valence-electron chi connectivity index (χ0n) is 11.3. The Kier molecular flexibility index (Phi) is 4.70. The van der Waals surface area contributed by atoms with Crippen LogP contribution in [0.25, 0.3) is 10.2 Å². The number of sulfonamides is 1. The van der Waals surface area contributed by atoms with Crippen molar-refractivity contribution < 1.29 is 13.2 Å². The van der Waals surface area contributed by atoms with Gasteiger partial charge >= 0.3 is 0 Å².